The minimum absolute atomic E-state index is 0.0980. The third-order valence-corrected chi connectivity index (χ3v) is 5.72. The maximum atomic E-state index is 13.0. The van der Waals surface area contributed by atoms with E-state index in [4.69, 9.17) is 8.94 Å². The second kappa shape index (κ2) is 6.96. The summed E-state index contributed by atoms with van der Waals surface area (Å²) in [6, 6.07) is 0. The summed E-state index contributed by atoms with van der Waals surface area (Å²) in [6.45, 7) is 9.34. The second-order valence-electron chi connectivity index (χ2n) is 7.50. The predicted molar refractivity (Wildman–Crippen MR) is 97.9 cm³/mol. The van der Waals surface area contributed by atoms with Gasteiger partial charge < -0.3 is 13.8 Å². The molecule has 0 spiro atoms. The number of aromatic nitrogens is 1. The number of nitrogens with zero attached hydrogens (tertiary/aromatic N) is 3. The Morgan fingerprint density at radius 2 is 1.85 bits per heavy atom. The number of fused-ring (bicyclic) bond motifs is 1. The molecule has 1 aliphatic heterocycles. The monoisotopic (exact) mass is 371 g/mol. The molecule has 1 amide bonds. The van der Waals surface area contributed by atoms with E-state index < -0.39 is 0 Å². The first-order valence-electron chi connectivity index (χ1n) is 9.54. The van der Waals surface area contributed by atoms with Crippen LogP contribution in [0.25, 0.3) is 0 Å². The highest BCUT2D eigenvalue weighted by Crippen LogP contribution is 2.30. The number of ketones is 1. The molecule has 4 rings (SSSR count). The lowest BCUT2D eigenvalue weighted by Gasteiger charge is -2.34. The zero-order valence-corrected chi connectivity index (χ0v) is 16.1. The maximum absolute atomic E-state index is 13.0. The zero-order chi connectivity index (χ0) is 19.1. The first-order valence-corrected chi connectivity index (χ1v) is 9.54. The SMILES string of the molecule is Cc1noc(C)c1CN1CCN(C(=O)c2oc3c(c2C)C(=O)CCC3)CC1. The minimum atomic E-state index is -0.105. The van der Waals surface area contributed by atoms with E-state index in [1.54, 1.807) is 0 Å². The Morgan fingerprint density at radius 1 is 1.11 bits per heavy atom. The average Bonchev–Trinajstić information content (AvgIpc) is 3.17. The number of carbonyl (C=O) groups is 2. The van der Waals surface area contributed by atoms with Crippen LogP contribution < -0.4 is 0 Å². The van der Waals surface area contributed by atoms with Gasteiger partial charge in [-0.25, -0.2) is 0 Å². The van der Waals surface area contributed by atoms with E-state index in [0.717, 1.165) is 49.5 Å². The molecular weight excluding hydrogens is 346 g/mol. The van der Waals surface area contributed by atoms with Crippen LogP contribution in [0.5, 0.6) is 0 Å². The average molecular weight is 371 g/mol. The largest absolute Gasteiger partial charge is 0.455 e. The smallest absolute Gasteiger partial charge is 0.289 e. The lowest BCUT2D eigenvalue weighted by atomic mass is 9.94. The van der Waals surface area contributed by atoms with E-state index in [-0.39, 0.29) is 11.7 Å². The Labute approximate surface area is 158 Å². The topological polar surface area (TPSA) is 79.8 Å². The third kappa shape index (κ3) is 3.20. The van der Waals surface area contributed by atoms with Gasteiger partial charge in [-0.15, -0.1) is 0 Å². The van der Waals surface area contributed by atoms with Crippen LogP contribution in [0.1, 0.15) is 62.1 Å². The predicted octanol–water partition coefficient (Wildman–Crippen LogP) is 2.67. The van der Waals surface area contributed by atoms with Gasteiger partial charge in [0.2, 0.25) is 0 Å². The first-order chi connectivity index (χ1) is 13.0. The molecular formula is C20H25N3O4. The molecule has 3 heterocycles. The Morgan fingerprint density at radius 3 is 2.48 bits per heavy atom. The lowest BCUT2D eigenvalue weighted by Crippen LogP contribution is -2.48. The fraction of sp³-hybridized carbons (Fsp3) is 0.550. The number of carbonyl (C=O) groups excluding carboxylic acids is 2. The Kier molecular flexibility index (Phi) is 4.63. The molecule has 0 radical (unpaired) electrons. The highest BCUT2D eigenvalue weighted by Gasteiger charge is 2.32. The third-order valence-electron chi connectivity index (χ3n) is 5.72. The van der Waals surface area contributed by atoms with Crippen molar-refractivity contribution in [1.82, 2.24) is 15.0 Å². The maximum Gasteiger partial charge on any atom is 0.289 e. The van der Waals surface area contributed by atoms with Gasteiger partial charge in [-0.2, -0.15) is 0 Å². The molecule has 0 saturated carbocycles. The Hall–Kier alpha value is -2.41. The van der Waals surface area contributed by atoms with Crippen molar-refractivity contribution in [2.45, 2.75) is 46.6 Å². The highest BCUT2D eigenvalue weighted by atomic mass is 16.5. The van der Waals surface area contributed by atoms with Gasteiger partial charge >= 0.3 is 0 Å². The standard InChI is InChI=1S/C20H25N3O4/c1-12-18-16(24)5-4-6-17(18)26-19(12)20(25)23-9-7-22(8-10-23)11-15-13(2)21-27-14(15)3/h4-11H2,1-3H3. The molecule has 2 aliphatic rings. The van der Waals surface area contributed by atoms with Gasteiger partial charge in [-0.3, -0.25) is 14.5 Å². The lowest BCUT2D eigenvalue weighted by molar-refractivity contribution is 0.0594. The van der Waals surface area contributed by atoms with Gasteiger partial charge in [-0.1, -0.05) is 5.16 Å². The molecule has 2 aromatic heterocycles. The molecule has 0 unspecified atom stereocenters. The number of hydrogen-bond acceptors (Lipinski definition) is 6. The van der Waals surface area contributed by atoms with Crippen molar-refractivity contribution in [3.63, 3.8) is 0 Å². The van der Waals surface area contributed by atoms with Gasteiger partial charge in [0.25, 0.3) is 5.91 Å². The molecule has 0 atom stereocenters. The number of rotatable bonds is 3. The summed E-state index contributed by atoms with van der Waals surface area (Å²) >= 11 is 0. The Balaban J connectivity index is 1.43. The molecule has 27 heavy (non-hydrogen) atoms. The van der Waals surface area contributed by atoms with Crippen molar-refractivity contribution in [2.24, 2.45) is 0 Å². The quantitative estimate of drug-likeness (QED) is 0.825. The summed E-state index contributed by atoms with van der Waals surface area (Å²) in [5.41, 5.74) is 3.40. The van der Waals surface area contributed by atoms with Crippen molar-refractivity contribution >= 4 is 11.7 Å². The van der Waals surface area contributed by atoms with E-state index in [1.807, 2.05) is 25.7 Å². The molecule has 0 N–H and O–H groups in total. The second-order valence-corrected chi connectivity index (χ2v) is 7.50. The normalized spacial score (nSPS) is 18.0. The van der Waals surface area contributed by atoms with Crippen molar-refractivity contribution in [2.75, 3.05) is 26.2 Å². The van der Waals surface area contributed by atoms with Crippen molar-refractivity contribution in [3.8, 4) is 0 Å². The summed E-state index contributed by atoms with van der Waals surface area (Å²) in [6.07, 6.45) is 2.08. The van der Waals surface area contributed by atoms with Crippen LogP contribution >= 0.6 is 0 Å². The fourth-order valence-electron chi connectivity index (χ4n) is 4.06. The number of aryl methyl sites for hydroxylation is 3. The van der Waals surface area contributed by atoms with Crippen LogP contribution in [-0.4, -0.2) is 52.8 Å². The summed E-state index contributed by atoms with van der Waals surface area (Å²) in [7, 11) is 0. The zero-order valence-electron chi connectivity index (χ0n) is 16.1. The van der Waals surface area contributed by atoms with Crippen LogP contribution in [0.4, 0.5) is 0 Å². The molecule has 1 saturated heterocycles. The van der Waals surface area contributed by atoms with E-state index >= 15 is 0 Å². The Bertz CT molecular complexity index is 868. The van der Waals surface area contributed by atoms with Crippen LogP contribution in [0.3, 0.4) is 0 Å². The van der Waals surface area contributed by atoms with E-state index in [9.17, 15) is 9.59 Å². The van der Waals surface area contributed by atoms with Crippen LogP contribution in [0.15, 0.2) is 8.94 Å². The molecule has 0 bridgehead atoms. The minimum Gasteiger partial charge on any atom is -0.455 e. The van der Waals surface area contributed by atoms with Gasteiger partial charge in [0.05, 0.1) is 11.3 Å². The van der Waals surface area contributed by atoms with Crippen LogP contribution in [0.2, 0.25) is 0 Å². The van der Waals surface area contributed by atoms with E-state index in [0.29, 0.717) is 42.2 Å². The summed E-state index contributed by atoms with van der Waals surface area (Å²) in [5.74, 6) is 1.87. The highest BCUT2D eigenvalue weighted by molar-refractivity contribution is 6.03. The van der Waals surface area contributed by atoms with Gasteiger partial charge in [0, 0.05) is 56.7 Å². The molecule has 1 fully saturated rings. The fourth-order valence-corrected chi connectivity index (χ4v) is 4.06. The van der Waals surface area contributed by atoms with Crippen LogP contribution in [-0.2, 0) is 13.0 Å². The van der Waals surface area contributed by atoms with Crippen molar-refractivity contribution in [3.05, 3.63) is 39.7 Å². The summed E-state index contributed by atoms with van der Waals surface area (Å²) in [5, 5.41) is 4.01. The number of furan rings is 1. The molecule has 1 aliphatic carbocycles. The van der Waals surface area contributed by atoms with Gasteiger partial charge in [0.1, 0.15) is 11.5 Å². The molecule has 144 valence electrons. The summed E-state index contributed by atoms with van der Waals surface area (Å²) in [4.78, 5) is 29.2. The van der Waals surface area contributed by atoms with Gasteiger partial charge in [-0.05, 0) is 27.2 Å². The van der Waals surface area contributed by atoms with Crippen LogP contribution in [0, 0.1) is 20.8 Å². The molecule has 7 nitrogen and oxygen atoms in total. The van der Waals surface area contributed by atoms with E-state index in [1.165, 1.54) is 0 Å². The molecule has 2 aromatic rings. The number of Topliss-reactive ketones (excluding diaryl/α,β-unsaturated/α-hetero) is 1. The van der Waals surface area contributed by atoms with E-state index in [2.05, 4.69) is 10.1 Å². The number of hydrogen-bond donors (Lipinski definition) is 0. The van der Waals surface area contributed by atoms with Crippen molar-refractivity contribution < 1.29 is 18.5 Å². The van der Waals surface area contributed by atoms with Gasteiger partial charge in [0.15, 0.2) is 11.5 Å². The number of amides is 1. The molecule has 7 heteroatoms. The first kappa shape index (κ1) is 18.0. The number of piperazine rings is 1. The molecule has 0 aromatic carbocycles. The summed E-state index contributed by atoms with van der Waals surface area (Å²) < 4.78 is 11.1. The van der Waals surface area contributed by atoms with Crippen molar-refractivity contribution in [1.29, 1.82) is 0 Å².